The number of para-hydroxylation sites is 1. The van der Waals surface area contributed by atoms with Gasteiger partial charge >= 0.3 is 0 Å². The van der Waals surface area contributed by atoms with E-state index in [0.29, 0.717) is 10.9 Å². The second-order valence-corrected chi connectivity index (χ2v) is 8.39. The summed E-state index contributed by atoms with van der Waals surface area (Å²) >= 11 is 1.41. The van der Waals surface area contributed by atoms with Crippen LogP contribution < -0.4 is 4.74 Å². The van der Waals surface area contributed by atoms with E-state index < -0.39 is 0 Å². The summed E-state index contributed by atoms with van der Waals surface area (Å²) in [7, 11) is 1.64. The molecule has 0 radical (unpaired) electrons. The molecule has 0 atom stereocenters. The maximum absolute atomic E-state index is 13.0. The molecule has 0 bridgehead atoms. The van der Waals surface area contributed by atoms with Gasteiger partial charge in [0, 0.05) is 34.7 Å². The van der Waals surface area contributed by atoms with Crippen molar-refractivity contribution in [3.05, 3.63) is 77.6 Å². The molecule has 4 aromatic rings. The molecule has 6 nitrogen and oxygen atoms in total. The number of aromatic nitrogens is 4. The summed E-state index contributed by atoms with van der Waals surface area (Å²) in [4.78, 5) is 13.0. The second-order valence-electron chi connectivity index (χ2n) is 7.45. The third-order valence-electron chi connectivity index (χ3n) is 5.52. The molecule has 7 heteroatoms. The standard InChI is InChI=1S/C25H26N4O2S/c1-5-28-17(2)15-22(18(28)3)23(30)16-32-25-27-26-24(19-11-13-21(31-4)14-12-19)29(25)20-9-7-6-8-10-20/h6-15H,5,16H2,1-4H3. The van der Waals surface area contributed by atoms with Crippen LogP contribution in [0, 0.1) is 13.8 Å². The number of ketones is 1. The highest BCUT2D eigenvalue weighted by atomic mass is 32.2. The molecule has 0 unspecified atom stereocenters. The zero-order valence-corrected chi connectivity index (χ0v) is 19.5. The number of thioether (sulfide) groups is 1. The summed E-state index contributed by atoms with van der Waals surface area (Å²) < 4.78 is 9.43. The quantitative estimate of drug-likeness (QED) is 0.269. The number of hydrogen-bond acceptors (Lipinski definition) is 5. The molecule has 2 aromatic heterocycles. The van der Waals surface area contributed by atoms with Crippen LogP contribution in [0.3, 0.4) is 0 Å². The summed E-state index contributed by atoms with van der Waals surface area (Å²) in [6.07, 6.45) is 0. The molecule has 4 rings (SSSR count). The highest BCUT2D eigenvalue weighted by Gasteiger charge is 2.20. The molecule has 0 aliphatic carbocycles. The van der Waals surface area contributed by atoms with Gasteiger partial charge in [0.05, 0.1) is 12.9 Å². The van der Waals surface area contributed by atoms with Crippen molar-refractivity contribution in [1.29, 1.82) is 0 Å². The Balaban J connectivity index is 1.65. The Kier molecular flexibility index (Phi) is 6.46. The SMILES string of the molecule is CCn1c(C)cc(C(=O)CSc2nnc(-c3ccc(OC)cc3)n2-c2ccccc2)c1C. The van der Waals surface area contributed by atoms with Crippen molar-refractivity contribution in [3.8, 4) is 22.8 Å². The van der Waals surface area contributed by atoms with Crippen molar-refractivity contribution < 1.29 is 9.53 Å². The summed E-state index contributed by atoms with van der Waals surface area (Å²) in [5.41, 5.74) is 4.76. The van der Waals surface area contributed by atoms with Crippen LogP contribution in [0.1, 0.15) is 28.7 Å². The van der Waals surface area contributed by atoms with Gasteiger partial charge < -0.3 is 9.30 Å². The fourth-order valence-corrected chi connectivity index (χ4v) is 4.71. The predicted octanol–water partition coefficient (Wildman–Crippen LogP) is 5.36. The number of rotatable bonds is 8. The first kappa shape index (κ1) is 21.9. The summed E-state index contributed by atoms with van der Waals surface area (Å²) in [6, 6.07) is 19.7. The lowest BCUT2D eigenvalue weighted by Crippen LogP contribution is -2.07. The Hall–Kier alpha value is -3.32. The Bertz CT molecular complexity index is 1230. The number of aryl methyl sites for hydroxylation is 1. The van der Waals surface area contributed by atoms with Gasteiger partial charge in [0.2, 0.25) is 0 Å². The van der Waals surface area contributed by atoms with Gasteiger partial charge in [-0.15, -0.1) is 10.2 Å². The van der Waals surface area contributed by atoms with Crippen LogP contribution in [-0.4, -0.2) is 38.0 Å². The number of hydrogen-bond donors (Lipinski definition) is 0. The van der Waals surface area contributed by atoms with Crippen molar-refractivity contribution in [2.24, 2.45) is 0 Å². The molecule has 0 spiro atoms. The highest BCUT2D eigenvalue weighted by Crippen LogP contribution is 2.29. The molecule has 0 amide bonds. The van der Waals surface area contributed by atoms with Crippen LogP contribution in [0.2, 0.25) is 0 Å². The van der Waals surface area contributed by atoms with Gasteiger partial charge in [-0.05, 0) is 63.2 Å². The van der Waals surface area contributed by atoms with Crippen LogP contribution in [-0.2, 0) is 6.54 Å². The second kappa shape index (κ2) is 9.44. The molecule has 0 fully saturated rings. The largest absolute Gasteiger partial charge is 0.497 e. The van der Waals surface area contributed by atoms with E-state index >= 15 is 0 Å². The molecule has 2 heterocycles. The number of benzene rings is 2. The van der Waals surface area contributed by atoms with E-state index in [-0.39, 0.29) is 5.78 Å². The smallest absolute Gasteiger partial charge is 0.196 e. The number of carbonyl (C=O) groups excluding carboxylic acids is 1. The normalized spacial score (nSPS) is 11.0. The van der Waals surface area contributed by atoms with Gasteiger partial charge in [0.1, 0.15) is 5.75 Å². The van der Waals surface area contributed by atoms with Crippen molar-refractivity contribution in [2.45, 2.75) is 32.5 Å². The first-order valence-electron chi connectivity index (χ1n) is 10.5. The van der Waals surface area contributed by atoms with Crippen LogP contribution in [0.25, 0.3) is 17.1 Å². The van der Waals surface area contributed by atoms with E-state index in [1.165, 1.54) is 11.8 Å². The average molecular weight is 447 g/mol. The fourth-order valence-electron chi connectivity index (χ4n) is 3.88. The highest BCUT2D eigenvalue weighted by molar-refractivity contribution is 7.99. The Morgan fingerprint density at radius 2 is 1.75 bits per heavy atom. The number of carbonyl (C=O) groups is 1. The molecule has 164 valence electrons. The first-order valence-corrected chi connectivity index (χ1v) is 11.5. The zero-order valence-electron chi connectivity index (χ0n) is 18.7. The van der Waals surface area contributed by atoms with Gasteiger partial charge in [-0.2, -0.15) is 0 Å². The summed E-state index contributed by atoms with van der Waals surface area (Å²) in [5, 5.41) is 9.56. The molecule has 0 aliphatic rings. The van der Waals surface area contributed by atoms with Gasteiger partial charge in [-0.1, -0.05) is 30.0 Å². The molecule has 0 saturated heterocycles. The number of ether oxygens (including phenoxy) is 1. The number of Topliss-reactive ketones (excluding diaryl/α,β-unsaturated/α-hetero) is 1. The topological polar surface area (TPSA) is 61.9 Å². The van der Waals surface area contributed by atoms with Crippen LogP contribution in [0.4, 0.5) is 0 Å². The lowest BCUT2D eigenvalue weighted by Gasteiger charge is -2.10. The van der Waals surface area contributed by atoms with E-state index in [1.54, 1.807) is 7.11 Å². The van der Waals surface area contributed by atoms with Crippen LogP contribution >= 0.6 is 11.8 Å². The molecule has 32 heavy (non-hydrogen) atoms. The summed E-state index contributed by atoms with van der Waals surface area (Å²) in [6.45, 7) is 6.98. The van der Waals surface area contributed by atoms with Gasteiger partial charge in [-0.3, -0.25) is 9.36 Å². The molecule has 0 saturated carbocycles. The van der Waals surface area contributed by atoms with Crippen molar-refractivity contribution in [1.82, 2.24) is 19.3 Å². The average Bonchev–Trinajstić information content (AvgIpc) is 3.38. The van der Waals surface area contributed by atoms with Gasteiger partial charge in [0.15, 0.2) is 16.8 Å². The van der Waals surface area contributed by atoms with Gasteiger partial charge in [-0.25, -0.2) is 0 Å². The number of nitrogens with zero attached hydrogens (tertiary/aromatic N) is 4. The first-order chi connectivity index (χ1) is 15.5. The minimum Gasteiger partial charge on any atom is -0.497 e. The third kappa shape index (κ3) is 4.21. The fraction of sp³-hybridized carbons (Fsp3) is 0.240. The van der Waals surface area contributed by atoms with E-state index in [0.717, 1.165) is 46.3 Å². The Morgan fingerprint density at radius 1 is 1.03 bits per heavy atom. The van der Waals surface area contributed by atoms with E-state index in [9.17, 15) is 4.79 Å². The van der Waals surface area contributed by atoms with E-state index in [4.69, 9.17) is 4.74 Å². The predicted molar refractivity (Wildman–Crippen MR) is 128 cm³/mol. The van der Waals surface area contributed by atoms with Gasteiger partial charge in [0.25, 0.3) is 0 Å². The Labute approximate surface area is 192 Å². The monoisotopic (exact) mass is 446 g/mol. The molecular formula is C25H26N4O2S. The van der Waals surface area contributed by atoms with Crippen LogP contribution in [0.5, 0.6) is 5.75 Å². The lowest BCUT2D eigenvalue weighted by atomic mass is 10.2. The van der Waals surface area contributed by atoms with E-state index in [2.05, 4.69) is 21.7 Å². The zero-order chi connectivity index (χ0) is 22.7. The molecule has 2 aromatic carbocycles. The Morgan fingerprint density at radius 3 is 2.38 bits per heavy atom. The van der Waals surface area contributed by atoms with Crippen molar-refractivity contribution >= 4 is 17.5 Å². The maximum Gasteiger partial charge on any atom is 0.196 e. The number of methoxy groups -OCH3 is 1. The molecule has 0 aliphatic heterocycles. The molecule has 0 N–H and O–H groups in total. The third-order valence-corrected chi connectivity index (χ3v) is 6.45. The van der Waals surface area contributed by atoms with Crippen molar-refractivity contribution in [2.75, 3.05) is 12.9 Å². The summed E-state index contributed by atoms with van der Waals surface area (Å²) in [5.74, 6) is 1.89. The maximum atomic E-state index is 13.0. The van der Waals surface area contributed by atoms with Crippen molar-refractivity contribution in [3.63, 3.8) is 0 Å². The van der Waals surface area contributed by atoms with E-state index in [1.807, 2.05) is 79.1 Å². The molecular weight excluding hydrogens is 420 g/mol. The minimum atomic E-state index is 0.0939. The van der Waals surface area contributed by atoms with Crippen LogP contribution in [0.15, 0.2) is 65.8 Å². The minimum absolute atomic E-state index is 0.0939. The lowest BCUT2D eigenvalue weighted by molar-refractivity contribution is 0.102.